The third-order valence-corrected chi connectivity index (χ3v) is 6.37. The number of aromatic nitrogens is 2. The molecule has 0 aliphatic heterocycles. The quantitative estimate of drug-likeness (QED) is 0.737. The number of rotatable bonds is 5. The largest absolute Gasteiger partial charge is 0.282 e. The highest BCUT2D eigenvalue weighted by Crippen LogP contribution is 2.31. The van der Waals surface area contributed by atoms with E-state index in [0.717, 1.165) is 28.2 Å². The molecule has 120 valence electrons. The van der Waals surface area contributed by atoms with Gasteiger partial charge in [-0.05, 0) is 49.2 Å². The summed E-state index contributed by atoms with van der Waals surface area (Å²) in [5.74, 6) is 0. The normalized spacial score (nSPS) is 11.6. The van der Waals surface area contributed by atoms with Gasteiger partial charge < -0.3 is 0 Å². The first-order valence-electron chi connectivity index (χ1n) is 7.22. The van der Waals surface area contributed by atoms with Gasteiger partial charge in [0.15, 0.2) is 0 Å². The molecule has 0 bridgehead atoms. The third-order valence-electron chi connectivity index (χ3n) is 3.39. The molecule has 0 spiro atoms. The highest BCUT2D eigenvalue weighted by molar-refractivity contribution is 7.94. The van der Waals surface area contributed by atoms with Crippen molar-refractivity contribution in [3.63, 3.8) is 0 Å². The van der Waals surface area contributed by atoms with Gasteiger partial charge in [-0.15, -0.1) is 11.3 Å². The van der Waals surface area contributed by atoms with E-state index in [4.69, 9.17) is 0 Å². The van der Waals surface area contributed by atoms with Crippen LogP contribution in [0.25, 0.3) is 10.6 Å². The number of nitrogens with one attached hydrogen (secondary N) is 2. The topological polar surface area (TPSA) is 74.8 Å². The fraction of sp³-hybridized carbons (Fsp3) is 0.188. The van der Waals surface area contributed by atoms with E-state index in [1.54, 1.807) is 18.2 Å². The van der Waals surface area contributed by atoms with Gasteiger partial charge in [-0.25, -0.2) is 8.42 Å². The van der Waals surface area contributed by atoms with Crippen LogP contribution in [-0.4, -0.2) is 18.6 Å². The molecule has 0 atom stereocenters. The number of hydrogen-bond acceptors (Lipinski definition) is 4. The van der Waals surface area contributed by atoms with Gasteiger partial charge in [-0.3, -0.25) is 9.82 Å². The molecule has 0 saturated heterocycles. The van der Waals surface area contributed by atoms with E-state index >= 15 is 0 Å². The first-order valence-corrected chi connectivity index (χ1v) is 9.52. The van der Waals surface area contributed by atoms with Gasteiger partial charge in [0.25, 0.3) is 10.0 Å². The molecule has 0 saturated carbocycles. The molecule has 0 aliphatic rings. The summed E-state index contributed by atoms with van der Waals surface area (Å²) < 4.78 is 28.0. The van der Waals surface area contributed by atoms with Crippen molar-refractivity contribution < 1.29 is 8.42 Å². The molecule has 0 radical (unpaired) electrons. The fourth-order valence-electron chi connectivity index (χ4n) is 2.21. The molecule has 5 nitrogen and oxygen atoms in total. The molecule has 0 aliphatic carbocycles. The number of H-pyrrole nitrogens is 1. The SMILES string of the molecule is CCc1cccc(NS(=O)(=O)c2ccc(-c3cc(C)[nH]n3)s2)c1. The lowest BCUT2D eigenvalue weighted by molar-refractivity contribution is 0.603. The Labute approximate surface area is 139 Å². The maximum absolute atomic E-state index is 12.5. The molecule has 0 amide bonds. The van der Waals surface area contributed by atoms with Crippen LogP contribution in [0.5, 0.6) is 0 Å². The standard InChI is InChI=1S/C16H17N3O2S2/c1-3-12-5-4-6-13(10-12)19-23(20,21)16-8-7-15(22-16)14-9-11(2)17-18-14/h4-10,19H,3H2,1-2H3,(H,17,18). The Bertz CT molecular complexity index is 926. The Morgan fingerprint density at radius 1 is 1.22 bits per heavy atom. The van der Waals surface area contributed by atoms with E-state index in [-0.39, 0.29) is 4.21 Å². The number of anilines is 1. The zero-order valence-electron chi connectivity index (χ0n) is 12.8. The lowest BCUT2D eigenvalue weighted by Gasteiger charge is -2.07. The first kappa shape index (κ1) is 15.8. The second kappa shape index (κ2) is 6.17. The summed E-state index contributed by atoms with van der Waals surface area (Å²) in [6.07, 6.45) is 0.858. The van der Waals surface area contributed by atoms with Crippen molar-refractivity contribution in [2.45, 2.75) is 24.5 Å². The van der Waals surface area contributed by atoms with Crippen molar-refractivity contribution >= 4 is 27.0 Å². The van der Waals surface area contributed by atoms with Gasteiger partial charge in [0, 0.05) is 11.4 Å². The van der Waals surface area contributed by atoms with Crippen molar-refractivity contribution in [1.82, 2.24) is 10.2 Å². The Morgan fingerprint density at radius 2 is 2.04 bits per heavy atom. The Balaban J connectivity index is 1.86. The third kappa shape index (κ3) is 3.46. The van der Waals surface area contributed by atoms with Crippen molar-refractivity contribution in [1.29, 1.82) is 0 Å². The van der Waals surface area contributed by atoms with E-state index in [1.165, 1.54) is 11.3 Å². The predicted octanol–water partition coefficient (Wildman–Crippen LogP) is 3.81. The lowest BCUT2D eigenvalue weighted by atomic mass is 10.1. The summed E-state index contributed by atoms with van der Waals surface area (Å²) in [5, 5.41) is 7.02. The van der Waals surface area contributed by atoms with Crippen LogP contribution >= 0.6 is 11.3 Å². The number of benzene rings is 1. The van der Waals surface area contributed by atoms with E-state index in [1.807, 2.05) is 38.1 Å². The highest BCUT2D eigenvalue weighted by atomic mass is 32.2. The summed E-state index contributed by atoms with van der Waals surface area (Å²) in [7, 11) is -3.59. The van der Waals surface area contributed by atoms with Gasteiger partial charge in [-0.2, -0.15) is 5.10 Å². The lowest BCUT2D eigenvalue weighted by Crippen LogP contribution is -2.11. The molecule has 2 heterocycles. The minimum absolute atomic E-state index is 0.273. The summed E-state index contributed by atoms with van der Waals surface area (Å²) >= 11 is 1.20. The van der Waals surface area contributed by atoms with Crippen LogP contribution in [-0.2, 0) is 16.4 Å². The molecule has 3 rings (SSSR count). The molecule has 2 N–H and O–H groups in total. The number of nitrogens with zero attached hydrogens (tertiary/aromatic N) is 1. The molecule has 23 heavy (non-hydrogen) atoms. The zero-order valence-corrected chi connectivity index (χ0v) is 14.5. The van der Waals surface area contributed by atoms with Crippen LogP contribution in [0.15, 0.2) is 46.7 Å². The summed E-state index contributed by atoms with van der Waals surface area (Å²) in [4.78, 5) is 0.817. The molecular weight excluding hydrogens is 330 g/mol. The van der Waals surface area contributed by atoms with Crippen molar-refractivity contribution in [2.24, 2.45) is 0 Å². The van der Waals surface area contributed by atoms with Crippen LogP contribution in [0, 0.1) is 6.92 Å². The van der Waals surface area contributed by atoms with Crippen molar-refractivity contribution in [3.05, 3.63) is 53.7 Å². The summed E-state index contributed by atoms with van der Waals surface area (Å²) in [5.41, 5.74) is 3.35. The average Bonchev–Trinajstić information content (AvgIpc) is 3.16. The monoisotopic (exact) mass is 347 g/mol. The maximum Gasteiger partial charge on any atom is 0.271 e. The average molecular weight is 347 g/mol. The van der Waals surface area contributed by atoms with Gasteiger partial charge in [0.2, 0.25) is 0 Å². The Hall–Kier alpha value is -2.12. The van der Waals surface area contributed by atoms with Crippen LogP contribution < -0.4 is 4.72 Å². The van der Waals surface area contributed by atoms with E-state index < -0.39 is 10.0 Å². The molecule has 7 heteroatoms. The van der Waals surface area contributed by atoms with Crippen molar-refractivity contribution in [2.75, 3.05) is 4.72 Å². The number of hydrogen-bond donors (Lipinski definition) is 2. The number of sulfonamides is 1. The maximum atomic E-state index is 12.5. The second-order valence-electron chi connectivity index (χ2n) is 5.21. The molecule has 0 unspecified atom stereocenters. The van der Waals surface area contributed by atoms with E-state index in [0.29, 0.717) is 5.69 Å². The number of aryl methyl sites for hydroxylation is 2. The number of thiophene rings is 1. The van der Waals surface area contributed by atoms with Gasteiger partial charge in [-0.1, -0.05) is 19.1 Å². The number of aromatic amines is 1. The minimum atomic E-state index is -3.59. The Morgan fingerprint density at radius 3 is 2.74 bits per heavy atom. The summed E-state index contributed by atoms with van der Waals surface area (Å²) in [6, 6.07) is 12.7. The van der Waals surface area contributed by atoms with Crippen molar-refractivity contribution in [3.8, 4) is 10.6 Å². The van der Waals surface area contributed by atoms with E-state index in [9.17, 15) is 8.42 Å². The molecule has 1 aromatic carbocycles. The molecule has 2 aromatic heterocycles. The zero-order chi connectivity index (χ0) is 16.4. The van der Waals surface area contributed by atoms with Crippen LogP contribution in [0.4, 0.5) is 5.69 Å². The van der Waals surface area contributed by atoms with Crippen LogP contribution in [0.1, 0.15) is 18.2 Å². The first-order chi connectivity index (χ1) is 11.0. The summed E-state index contributed by atoms with van der Waals surface area (Å²) in [6.45, 7) is 3.94. The molecule has 0 fully saturated rings. The van der Waals surface area contributed by atoms with Gasteiger partial charge in [0.1, 0.15) is 9.90 Å². The Kier molecular flexibility index (Phi) is 4.23. The molecule has 3 aromatic rings. The van der Waals surface area contributed by atoms with E-state index in [2.05, 4.69) is 14.9 Å². The predicted molar refractivity (Wildman–Crippen MR) is 93.3 cm³/mol. The van der Waals surface area contributed by atoms with Gasteiger partial charge >= 0.3 is 0 Å². The second-order valence-corrected chi connectivity index (χ2v) is 8.21. The highest BCUT2D eigenvalue weighted by Gasteiger charge is 2.18. The minimum Gasteiger partial charge on any atom is -0.282 e. The van der Waals surface area contributed by atoms with Crippen LogP contribution in [0.3, 0.4) is 0 Å². The fourth-order valence-corrected chi connectivity index (χ4v) is 4.52. The smallest absolute Gasteiger partial charge is 0.271 e. The van der Waals surface area contributed by atoms with Gasteiger partial charge in [0.05, 0.1) is 4.88 Å². The van der Waals surface area contributed by atoms with Crippen LogP contribution in [0.2, 0.25) is 0 Å². The molecular formula is C16H17N3O2S2.